The highest BCUT2D eigenvalue weighted by Crippen LogP contribution is 2.18. The summed E-state index contributed by atoms with van der Waals surface area (Å²) in [5.41, 5.74) is 1.24. The molecule has 0 fully saturated rings. The summed E-state index contributed by atoms with van der Waals surface area (Å²) >= 11 is 5.82. The van der Waals surface area contributed by atoms with Gasteiger partial charge < -0.3 is 5.32 Å². The number of anilines is 2. The van der Waals surface area contributed by atoms with Gasteiger partial charge in [0, 0.05) is 22.0 Å². The summed E-state index contributed by atoms with van der Waals surface area (Å²) in [6.45, 7) is 0. The van der Waals surface area contributed by atoms with E-state index in [0.717, 1.165) is 0 Å². The number of rotatable bonds is 5. The van der Waals surface area contributed by atoms with Crippen LogP contribution in [0.1, 0.15) is 10.4 Å². The molecular weight excluding hydrogens is 372 g/mol. The second-order valence-electron chi connectivity index (χ2n) is 5.46. The molecule has 0 unspecified atom stereocenters. The Bertz CT molecular complexity index is 1020. The molecule has 0 saturated heterocycles. The Kier molecular flexibility index (Phi) is 5.25. The summed E-state index contributed by atoms with van der Waals surface area (Å²) in [7, 11) is -3.80. The maximum absolute atomic E-state index is 12.5. The van der Waals surface area contributed by atoms with Gasteiger partial charge in [-0.1, -0.05) is 35.9 Å². The van der Waals surface area contributed by atoms with Crippen molar-refractivity contribution < 1.29 is 13.2 Å². The Hall–Kier alpha value is -2.83. The van der Waals surface area contributed by atoms with Gasteiger partial charge >= 0.3 is 0 Å². The maximum Gasteiger partial charge on any atom is 0.261 e. The zero-order chi connectivity index (χ0) is 18.6. The van der Waals surface area contributed by atoms with E-state index in [4.69, 9.17) is 11.6 Å². The third-order valence-corrected chi connectivity index (χ3v) is 5.17. The summed E-state index contributed by atoms with van der Waals surface area (Å²) < 4.78 is 27.5. The Labute approximate surface area is 156 Å². The number of carbonyl (C=O) groups is 1. The number of halogens is 1. The minimum absolute atomic E-state index is 0.00473. The van der Waals surface area contributed by atoms with Gasteiger partial charge in [-0.15, -0.1) is 0 Å². The van der Waals surface area contributed by atoms with Crippen molar-refractivity contribution in [2.75, 3.05) is 10.0 Å². The van der Waals surface area contributed by atoms with Gasteiger partial charge in [-0.25, -0.2) is 8.42 Å². The van der Waals surface area contributed by atoms with Gasteiger partial charge in [0.05, 0.1) is 4.90 Å². The Morgan fingerprint density at radius 1 is 0.808 bits per heavy atom. The molecular formula is C19H15ClN2O3S. The van der Waals surface area contributed by atoms with Gasteiger partial charge in [0.15, 0.2) is 0 Å². The molecule has 7 heteroatoms. The minimum atomic E-state index is -3.80. The first kappa shape index (κ1) is 18.0. The summed E-state index contributed by atoms with van der Waals surface area (Å²) in [5.74, 6) is -0.413. The van der Waals surface area contributed by atoms with Crippen LogP contribution in [0.5, 0.6) is 0 Å². The molecule has 1 amide bonds. The monoisotopic (exact) mass is 386 g/mol. The Morgan fingerprint density at radius 3 is 2.19 bits per heavy atom. The van der Waals surface area contributed by atoms with Crippen LogP contribution < -0.4 is 10.0 Å². The van der Waals surface area contributed by atoms with Gasteiger partial charge in [0.25, 0.3) is 15.9 Å². The van der Waals surface area contributed by atoms with E-state index in [1.54, 1.807) is 60.7 Å². The molecule has 0 atom stereocenters. The molecule has 0 spiro atoms. The van der Waals surface area contributed by atoms with E-state index in [9.17, 15) is 13.2 Å². The summed E-state index contributed by atoms with van der Waals surface area (Å²) in [6, 6.07) is 21.0. The lowest BCUT2D eigenvalue weighted by Gasteiger charge is -2.10. The molecule has 132 valence electrons. The quantitative estimate of drug-likeness (QED) is 0.682. The van der Waals surface area contributed by atoms with Crippen LogP contribution >= 0.6 is 11.6 Å². The molecule has 26 heavy (non-hydrogen) atoms. The number of benzene rings is 3. The number of amides is 1. The number of para-hydroxylation sites is 1. The summed E-state index contributed by atoms with van der Waals surface area (Å²) in [6.07, 6.45) is 0. The predicted molar refractivity (Wildman–Crippen MR) is 103 cm³/mol. The Morgan fingerprint density at radius 2 is 1.50 bits per heavy atom. The van der Waals surface area contributed by atoms with Crippen LogP contribution in [0.4, 0.5) is 11.4 Å². The maximum atomic E-state index is 12.5. The molecule has 0 aliphatic carbocycles. The van der Waals surface area contributed by atoms with Crippen LogP contribution in [-0.4, -0.2) is 14.3 Å². The van der Waals surface area contributed by atoms with Crippen molar-refractivity contribution in [2.45, 2.75) is 4.90 Å². The van der Waals surface area contributed by atoms with Crippen LogP contribution in [0.2, 0.25) is 5.02 Å². The Balaban J connectivity index is 1.81. The molecule has 0 aliphatic heterocycles. The van der Waals surface area contributed by atoms with E-state index in [2.05, 4.69) is 10.0 Å². The van der Waals surface area contributed by atoms with E-state index in [0.29, 0.717) is 16.4 Å². The first-order valence-corrected chi connectivity index (χ1v) is 9.55. The van der Waals surface area contributed by atoms with Crippen molar-refractivity contribution in [1.82, 2.24) is 0 Å². The van der Waals surface area contributed by atoms with Crippen molar-refractivity contribution in [1.29, 1.82) is 0 Å². The van der Waals surface area contributed by atoms with Crippen molar-refractivity contribution in [3.05, 3.63) is 89.4 Å². The van der Waals surface area contributed by atoms with Crippen LogP contribution in [0.15, 0.2) is 83.8 Å². The number of sulfonamides is 1. The number of carbonyl (C=O) groups excluding carboxylic acids is 1. The highest BCUT2D eigenvalue weighted by Gasteiger charge is 2.16. The fraction of sp³-hybridized carbons (Fsp3) is 0. The summed E-state index contributed by atoms with van der Waals surface area (Å²) in [4.78, 5) is 12.4. The van der Waals surface area contributed by atoms with Gasteiger partial charge in [-0.05, 0) is 54.6 Å². The van der Waals surface area contributed by atoms with Crippen molar-refractivity contribution in [3.63, 3.8) is 0 Å². The first-order valence-electron chi connectivity index (χ1n) is 7.69. The lowest BCUT2D eigenvalue weighted by molar-refractivity contribution is 0.102. The van der Waals surface area contributed by atoms with Crippen LogP contribution in [0, 0.1) is 0 Å². The number of hydrogen-bond acceptors (Lipinski definition) is 3. The van der Waals surface area contributed by atoms with Crippen molar-refractivity contribution in [3.8, 4) is 0 Å². The topological polar surface area (TPSA) is 75.3 Å². The molecule has 2 N–H and O–H groups in total. The lowest BCUT2D eigenvalue weighted by atomic mass is 10.2. The zero-order valence-electron chi connectivity index (χ0n) is 13.5. The summed E-state index contributed by atoms with van der Waals surface area (Å²) in [5, 5.41) is 3.26. The first-order chi connectivity index (χ1) is 12.4. The SMILES string of the molecule is O=C(Nc1ccc(Cl)cc1)c1cccc(S(=O)(=O)Nc2ccccc2)c1. The fourth-order valence-electron chi connectivity index (χ4n) is 2.26. The predicted octanol–water partition coefficient (Wildman–Crippen LogP) is 4.39. The van der Waals surface area contributed by atoms with E-state index < -0.39 is 15.9 Å². The van der Waals surface area contributed by atoms with Crippen LogP contribution in [-0.2, 0) is 10.0 Å². The van der Waals surface area contributed by atoms with E-state index in [1.807, 2.05) is 0 Å². The molecule has 3 aromatic carbocycles. The number of hydrogen-bond donors (Lipinski definition) is 2. The lowest BCUT2D eigenvalue weighted by Crippen LogP contribution is -2.15. The molecule has 0 aliphatic rings. The second kappa shape index (κ2) is 7.59. The fourth-order valence-corrected chi connectivity index (χ4v) is 3.49. The molecule has 3 rings (SSSR count). The minimum Gasteiger partial charge on any atom is -0.322 e. The van der Waals surface area contributed by atoms with Crippen LogP contribution in [0.3, 0.4) is 0 Å². The molecule has 0 bridgehead atoms. The molecule has 0 aromatic heterocycles. The van der Waals surface area contributed by atoms with E-state index in [1.165, 1.54) is 18.2 Å². The third-order valence-electron chi connectivity index (χ3n) is 3.53. The molecule has 3 aromatic rings. The molecule has 0 radical (unpaired) electrons. The number of nitrogens with one attached hydrogen (secondary N) is 2. The smallest absolute Gasteiger partial charge is 0.261 e. The molecule has 5 nitrogen and oxygen atoms in total. The van der Waals surface area contributed by atoms with E-state index >= 15 is 0 Å². The van der Waals surface area contributed by atoms with Gasteiger partial charge in [0.2, 0.25) is 0 Å². The van der Waals surface area contributed by atoms with Crippen molar-refractivity contribution >= 4 is 38.9 Å². The standard InChI is InChI=1S/C19H15ClN2O3S/c20-15-9-11-16(12-10-15)21-19(23)14-5-4-8-18(13-14)26(24,25)22-17-6-2-1-3-7-17/h1-13,22H,(H,21,23). The van der Waals surface area contributed by atoms with Gasteiger partial charge in [0.1, 0.15) is 0 Å². The average molecular weight is 387 g/mol. The molecule has 0 saturated carbocycles. The largest absolute Gasteiger partial charge is 0.322 e. The highest BCUT2D eigenvalue weighted by atomic mass is 35.5. The second-order valence-corrected chi connectivity index (χ2v) is 7.58. The zero-order valence-corrected chi connectivity index (χ0v) is 15.1. The third kappa shape index (κ3) is 4.41. The van der Waals surface area contributed by atoms with E-state index in [-0.39, 0.29) is 10.5 Å². The highest BCUT2D eigenvalue weighted by molar-refractivity contribution is 7.92. The molecule has 0 heterocycles. The van der Waals surface area contributed by atoms with Gasteiger partial charge in [-0.2, -0.15) is 0 Å². The van der Waals surface area contributed by atoms with Crippen molar-refractivity contribution in [2.24, 2.45) is 0 Å². The normalized spacial score (nSPS) is 11.0. The van der Waals surface area contributed by atoms with Gasteiger partial charge in [-0.3, -0.25) is 9.52 Å². The average Bonchev–Trinajstić information content (AvgIpc) is 2.64. The van der Waals surface area contributed by atoms with Crippen LogP contribution in [0.25, 0.3) is 0 Å².